The van der Waals surface area contributed by atoms with Crippen molar-refractivity contribution >= 4 is 24.2 Å². The molecule has 0 bridgehead atoms. The van der Waals surface area contributed by atoms with Crippen LogP contribution in [0.2, 0.25) is 0 Å². The van der Waals surface area contributed by atoms with Crippen LogP contribution < -0.4 is 10.6 Å². The van der Waals surface area contributed by atoms with Gasteiger partial charge in [-0.1, -0.05) is 6.92 Å². The van der Waals surface area contributed by atoms with Crippen molar-refractivity contribution in [1.29, 1.82) is 0 Å². The van der Waals surface area contributed by atoms with Gasteiger partial charge in [0, 0.05) is 58.3 Å². The fraction of sp³-hybridized carbons (Fsp3) is 0.889. The molecule has 2 heterocycles. The fourth-order valence-electron chi connectivity index (χ4n) is 4.23. The molecule has 3 rings (SSSR count). The Morgan fingerprint density at radius 3 is 2.56 bits per heavy atom. The predicted molar refractivity (Wildman–Crippen MR) is 101 cm³/mol. The second kappa shape index (κ2) is 9.74. The van der Waals surface area contributed by atoms with E-state index in [1.54, 1.807) is 0 Å². The molecule has 1 saturated carbocycles. The first-order chi connectivity index (χ1) is 11.6. The van der Waals surface area contributed by atoms with Crippen LogP contribution in [0.3, 0.4) is 0 Å². The first-order valence-corrected chi connectivity index (χ1v) is 9.63. The third kappa shape index (κ3) is 5.56. The minimum atomic E-state index is -0.153. The molecule has 6 nitrogen and oxygen atoms in total. The lowest BCUT2D eigenvalue weighted by atomic mass is 9.87. The van der Waals surface area contributed by atoms with E-state index in [-0.39, 0.29) is 30.1 Å². The Morgan fingerprint density at radius 1 is 1.20 bits per heavy atom. The van der Waals surface area contributed by atoms with Crippen molar-refractivity contribution in [1.82, 2.24) is 20.4 Å². The molecule has 2 N–H and O–H groups in total. The SMILES string of the molecule is CC1CCC(N2CC(C(=O)NCCN3CCNCC3)CC2=O)CC1.Cl. The number of carbonyl (C=O) groups excluding carboxylic acids is 2. The Kier molecular flexibility index (Phi) is 7.97. The molecule has 0 radical (unpaired) electrons. The van der Waals surface area contributed by atoms with Crippen molar-refractivity contribution in [2.24, 2.45) is 11.8 Å². The topological polar surface area (TPSA) is 64.7 Å². The van der Waals surface area contributed by atoms with E-state index in [9.17, 15) is 9.59 Å². The highest BCUT2D eigenvalue weighted by Gasteiger charge is 2.38. The summed E-state index contributed by atoms with van der Waals surface area (Å²) in [6.07, 6.45) is 5.01. The summed E-state index contributed by atoms with van der Waals surface area (Å²) in [5.41, 5.74) is 0. The van der Waals surface area contributed by atoms with Crippen LogP contribution in [0.15, 0.2) is 0 Å². The smallest absolute Gasteiger partial charge is 0.225 e. The monoisotopic (exact) mass is 372 g/mol. The van der Waals surface area contributed by atoms with Crippen LogP contribution in [0, 0.1) is 11.8 Å². The van der Waals surface area contributed by atoms with Gasteiger partial charge in [-0.2, -0.15) is 0 Å². The molecule has 2 amide bonds. The molecule has 7 heteroatoms. The van der Waals surface area contributed by atoms with Gasteiger partial charge in [-0.05, 0) is 31.6 Å². The van der Waals surface area contributed by atoms with Gasteiger partial charge < -0.3 is 15.5 Å². The molecule has 0 spiro atoms. The van der Waals surface area contributed by atoms with Crippen molar-refractivity contribution in [3.63, 3.8) is 0 Å². The molecule has 0 aromatic rings. The standard InChI is InChI=1S/C18H32N4O2.ClH/c1-14-2-4-16(5-3-14)22-13-15(12-17(22)23)18(24)20-8-11-21-9-6-19-7-10-21;/h14-16,19H,2-13H2,1H3,(H,20,24);1H. The number of hydrogen-bond acceptors (Lipinski definition) is 4. The van der Waals surface area contributed by atoms with E-state index in [1.165, 1.54) is 12.8 Å². The van der Waals surface area contributed by atoms with Gasteiger partial charge >= 0.3 is 0 Å². The maximum atomic E-state index is 12.4. The van der Waals surface area contributed by atoms with Crippen LogP contribution in [-0.4, -0.2) is 73.5 Å². The van der Waals surface area contributed by atoms with E-state index in [1.807, 2.05) is 4.90 Å². The van der Waals surface area contributed by atoms with Crippen LogP contribution in [0.25, 0.3) is 0 Å². The van der Waals surface area contributed by atoms with E-state index in [2.05, 4.69) is 22.5 Å². The fourth-order valence-corrected chi connectivity index (χ4v) is 4.23. The van der Waals surface area contributed by atoms with Crippen molar-refractivity contribution < 1.29 is 9.59 Å². The zero-order valence-electron chi connectivity index (χ0n) is 15.3. The minimum absolute atomic E-state index is 0. The molecule has 0 aromatic carbocycles. The number of carbonyl (C=O) groups is 2. The number of amides is 2. The van der Waals surface area contributed by atoms with Gasteiger partial charge in [-0.3, -0.25) is 14.5 Å². The average molecular weight is 373 g/mol. The van der Waals surface area contributed by atoms with Crippen LogP contribution in [-0.2, 0) is 9.59 Å². The second-order valence-electron chi connectivity index (χ2n) is 7.74. The Labute approximate surface area is 157 Å². The molecule has 25 heavy (non-hydrogen) atoms. The van der Waals surface area contributed by atoms with Gasteiger partial charge in [0.2, 0.25) is 11.8 Å². The van der Waals surface area contributed by atoms with Gasteiger partial charge in [-0.15, -0.1) is 12.4 Å². The summed E-state index contributed by atoms with van der Waals surface area (Å²) in [7, 11) is 0. The predicted octanol–water partition coefficient (Wildman–Crippen LogP) is 0.857. The maximum absolute atomic E-state index is 12.4. The Morgan fingerprint density at radius 2 is 1.88 bits per heavy atom. The molecule has 0 aromatic heterocycles. The lowest BCUT2D eigenvalue weighted by Gasteiger charge is -2.33. The largest absolute Gasteiger partial charge is 0.355 e. The zero-order chi connectivity index (χ0) is 16.9. The third-order valence-corrected chi connectivity index (χ3v) is 5.89. The average Bonchev–Trinajstić information content (AvgIpc) is 2.98. The van der Waals surface area contributed by atoms with E-state index in [0.29, 0.717) is 25.6 Å². The Balaban J connectivity index is 0.00000225. The number of piperazine rings is 1. The quantitative estimate of drug-likeness (QED) is 0.751. The van der Waals surface area contributed by atoms with Crippen molar-refractivity contribution in [3.05, 3.63) is 0 Å². The number of rotatable bonds is 5. The van der Waals surface area contributed by atoms with Crippen molar-refractivity contribution in [3.8, 4) is 0 Å². The second-order valence-corrected chi connectivity index (χ2v) is 7.74. The highest BCUT2D eigenvalue weighted by atomic mass is 35.5. The zero-order valence-corrected chi connectivity index (χ0v) is 16.2. The van der Waals surface area contributed by atoms with Crippen molar-refractivity contribution in [2.75, 3.05) is 45.8 Å². The molecule has 2 aliphatic heterocycles. The summed E-state index contributed by atoms with van der Waals surface area (Å²) in [6.45, 7) is 8.65. The van der Waals surface area contributed by atoms with Gasteiger partial charge in [0.1, 0.15) is 0 Å². The number of halogens is 1. The molecule has 3 aliphatic rings. The molecular formula is C18H33ClN4O2. The molecule has 1 atom stereocenters. The van der Waals surface area contributed by atoms with E-state index >= 15 is 0 Å². The van der Waals surface area contributed by atoms with E-state index in [4.69, 9.17) is 0 Å². The number of hydrogen-bond donors (Lipinski definition) is 2. The maximum Gasteiger partial charge on any atom is 0.225 e. The first-order valence-electron chi connectivity index (χ1n) is 9.63. The molecule has 3 fully saturated rings. The van der Waals surface area contributed by atoms with Crippen LogP contribution in [0.4, 0.5) is 0 Å². The van der Waals surface area contributed by atoms with Crippen LogP contribution in [0.5, 0.6) is 0 Å². The summed E-state index contributed by atoms with van der Waals surface area (Å²) in [6, 6.07) is 0.368. The number of nitrogens with zero attached hydrogens (tertiary/aromatic N) is 2. The van der Waals surface area contributed by atoms with Gasteiger partial charge in [0.15, 0.2) is 0 Å². The highest BCUT2D eigenvalue weighted by molar-refractivity contribution is 5.89. The summed E-state index contributed by atoms with van der Waals surface area (Å²) in [5, 5.41) is 6.37. The minimum Gasteiger partial charge on any atom is -0.355 e. The summed E-state index contributed by atoms with van der Waals surface area (Å²) in [5.74, 6) is 0.866. The lowest BCUT2D eigenvalue weighted by Crippen LogP contribution is -2.47. The summed E-state index contributed by atoms with van der Waals surface area (Å²) in [4.78, 5) is 29.1. The van der Waals surface area contributed by atoms with Crippen molar-refractivity contribution in [2.45, 2.75) is 45.1 Å². The first kappa shape index (κ1) is 20.5. The van der Waals surface area contributed by atoms with E-state index in [0.717, 1.165) is 51.5 Å². The molecule has 1 aliphatic carbocycles. The molecule has 1 unspecified atom stereocenters. The van der Waals surface area contributed by atoms with Crippen LogP contribution >= 0.6 is 12.4 Å². The molecular weight excluding hydrogens is 340 g/mol. The Bertz CT molecular complexity index is 448. The van der Waals surface area contributed by atoms with Gasteiger partial charge in [-0.25, -0.2) is 0 Å². The Hall–Kier alpha value is -0.850. The summed E-state index contributed by atoms with van der Waals surface area (Å²) < 4.78 is 0. The molecule has 144 valence electrons. The normalized spacial score (nSPS) is 30.8. The summed E-state index contributed by atoms with van der Waals surface area (Å²) >= 11 is 0. The molecule has 2 saturated heterocycles. The third-order valence-electron chi connectivity index (χ3n) is 5.89. The van der Waals surface area contributed by atoms with Gasteiger partial charge in [0.05, 0.1) is 5.92 Å². The highest BCUT2D eigenvalue weighted by Crippen LogP contribution is 2.31. The number of likely N-dealkylation sites (tertiary alicyclic amines) is 1. The lowest BCUT2D eigenvalue weighted by molar-refractivity contribution is -0.130. The van der Waals surface area contributed by atoms with E-state index < -0.39 is 0 Å². The van der Waals surface area contributed by atoms with Gasteiger partial charge in [0.25, 0.3) is 0 Å². The number of nitrogens with one attached hydrogen (secondary N) is 2. The van der Waals surface area contributed by atoms with Crippen LogP contribution in [0.1, 0.15) is 39.0 Å².